The summed E-state index contributed by atoms with van der Waals surface area (Å²) in [6.07, 6.45) is 5.94. The Hall–Kier alpha value is -7.18. The Morgan fingerprint density at radius 2 is 0.539 bits per heavy atom. The van der Waals surface area contributed by atoms with Gasteiger partial charge in [0.1, 0.15) is 49.4 Å². The number of benzene rings is 6. The third-order valence-corrected chi connectivity index (χ3v) is 14.6. The molecule has 392 valence electrons. The molecule has 6 aromatic carbocycles. The minimum atomic E-state index is -0.185. The van der Waals surface area contributed by atoms with Crippen LogP contribution in [0.4, 0.5) is 0 Å². The fourth-order valence-electron chi connectivity index (χ4n) is 10.1. The molecule has 9 rings (SSSR count). The van der Waals surface area contributed by atoms with Crippen molar-refractivity contribution in [1.29, 1.82) is 0 Å². The molecule has 6 heteroatoms. The Kier molecular flexibility index (Phi) is 15.7. The van der Waals surface area contributed by atoms with Crippen molar-refractivity contribution in [2.24, 2.45) is 0 Å². The van der Waals surface area contributed by atoms with E-state index in [-0.39, 0.29) is 21.7 Å². The summed E-state index contributed by atoms with van der Waals surface area (Å²) < 4.78 is 29.0. The topological polar surface area (TPSA) is 62.7 Å². The minimum absolute atomic E-state index is 0.177. The average Bonchev–Trinajstić information content (AvgIpc) is 3.41. The van der Waals surface area contributed by atoms with Crippen LogP contribution in [0.15, 0.2) is 158 Å². The third-order valence-electron chi connectivity index (χ3n) is 14.6. The first kappa shape index (κ1) is 53.6. The molecule has 8 bridgehead atoms. The molecule has 0 radical (unpaired) electrons. The van der Waals surface area contributed by atoms with E-state index in [4.69, 9.17) is 28.9 Å². The summed E-state index contributed by atoms with van der Waals surface area (Å²) in [5.74, 6) is 3.50. The molecule has 76 heavy (non-hydrogen) atoms. The second-order valence-corrected chi connectivity index (χ2v) is 25.0. The summed E-state index contributed by atoms with van der Waals surface area (Å²) in [6, 6.07) is 52.2. The van der Waals surface area contributed by atoms with E-state index in [1.807, 2.05) is 48.8 Å². The summed E-state index contributed by atoms with van der Waals surface area (Å²) >= 11 is 0. The lowest BCUT2D eigenvalue weighted by molar-refractivity contribution is 0.290. The standard InChI is InChI=1S/C70H78N2O4/c1-67(2,3)57-35-49-31-50-36-58(68(4,5)6)38-52(64(50)74-44-48-25-17-14-18-26-48)33-54-40-60(70(10,11)12)42-56(66(54)76-46-62-28-20-22-30-72-62)34-55-41-59(69(7,8)9)39-53(65(55)75-45-61-27-19-21-29-71-61)32-51(37-57)63(49)73-43-47-23-15-13-16-24-47/h13-30,35-42H,31-34,43-46H2,1-12H3. The van der Waals surface area contributed by atoms with E-state index in [0.29, 0.717) is 52.1 Å². The molecule has 0 amide bonds. The number of aromatic nitrogens is 2. The van der Waals surface area contributed by atoms with Gasteiger partial charge < -0.3 is 18.9 Å². The van der Waals surface area contributed by atoms with Crippen LogP contribution < -0.4 is 18.9 Å². The molecule has 0 saturated heterocycles. The van der Waals surface area contributed by atoms with Gasteiger partial charge in [-0.3, -0.25) is 9.97 Å². The predicted molar refractivity (Wildman–Crippen MR) is 310 cm³/mol. The molecule has 0 aliphatic heterocycles. The number of rotatable bonds is 12. The second-order valence-electron chi connectivity index (χ2n) is 25.0. The van der Waals surface area contributed by atoms with Crippen molar-refractivity contribution in [2.75, 3.05) is 0 Å². The lowest BCUT2D eigenvalue weighted by Crippen LogP contribution is -2.18. The average molecular weight is 1010 g/mol. The van der Waals surface area contributed by atoms with Gasteiger partial charge in [-0.2, -0.15) is 0 Å². The second kappa shape index (κ2) is 22.2. The normalized spacial score (nSPS) is 13.0. The van der Waals surface area contributed by atoms with E-state index in [1.165, 1.54) is 22.3 Å². The van der Waals surface area contributed by atoms with Crippen LogP contribution in [0.25, 0.3) is 0 Å². The monoisotopic (exact) mass is 1010 g/mol. The number of fused-ring (bicyclic) bond motifs is 8. The zero-order valence-corrected chi connectivity index (χ0v) is 47.2. The highest BCUT2D eigenvalue weighted by Crippen LogP contribution is 2.45. The number of hydrogen-bond acceptors (Lipinski definition) is 6. The molecule has 8 aromatic rings. The van der Waals surface area contributed by atoms with Crippen molar-refractivity contribution >= 4 is 0 Å². The van der Waals surface area contributed by atoms with Gasteiger partial charge in [-0.25, -0.2) is 0 Å². The molecular weight excluding hydrogens is 933 g/mol. The van der Waals surface area contributed by atoms with Crippen LogP contribution in [0.3, 0.4) is 0 Å². The van der Waals surface area contributed by atoms with E-state index in [0.717, 1.165) is 90.0 Å². The SMILES string of the molecule is CC(C)(C)c1cc2c(OCc3ccccc3)c(c1)Cc1cc(C(C)(C)C)cc(c1OCc1ccccn1)Cc1cc(C(C)(C)C)cc(c1OCc1ccccn1)Cc1cc(C(C)(C)C)cc(c1OCc1ccccc1)C2. The maximum atomic E-state index is 7.29. The van der Waals surface area contributed by atoms with Crippen LogP contribution in [-0.2, 0) is 73.8 Å². The Labute approximate surface area is 453 Å². The Morgan fingerprint density at radius 3 is 0.763 bits per heavy atom. The van der Waals surface area contributed by atoms with Crippen molar-refractivity contribution in [2.45, 2.75) is 157 Å². The molecule has 6 nitrogen and oxygen atoms in total. The first-order valence-corrected chi connectivity index (χ1v) is 27.2. The smallest absolute Gasteiger partial charge is 0.130 e. The van der Waals surface area contributed by atoms with Gasteiger partial charge in [0, 0.05) is 38.1 Å². The highest BCUT2D eigenvalue weighted by Gasteiger charge is 2.30. The first-order chi connectivity index (χ1) is 36.2. The maximum absolute atomic E-state index is 7.29. The van der Waals surface area contributed by atoms with Gasteiger partial charge in [0.15, 0.2) is 0 Å². The van der Waals surface area contributed by atoms with E-state index in [1.54, 1.807) is 0 Å². The van der Waals surface area contributed by atoms with Crippen molar-refractivity contribution in [3.63, 3.8) is 0 Å². The summed E-state index contributed by atoms with van der Waals surface area (Å²) in [4.78, 5) is 9.48. The first-order valence-electron chi connectivity index (χ1n) is 27.2. The van der Waals surface area contributed by atoms with Gasteiger partial charge in [-0.1, -0.05) is 204 Å². The highest BCUT2D eigenvalue weighted by atomic mass is 16.5. The van der Waals surface area contributed by atoms with E-state index >= 15 is 0 Å². The lowest BCUT2D eigenvalue weighted by atomic mass is 9.79. The van der Waals surface area contributed by atoms with E-state index in [9.17, 15) is 0 Å². The molecule has 1 aliphatic rings. The van der Waals surface area contributed by atoms with Crippen molar-refractivity contribution in [1.82, 2.24) is 9.97 Å². The predicted octanol–water partition coefficient (Wildman–Crippen LogP) is 16.7. The largest absolute Gasteiger partial charge is 0.488 e. The molecule has 0 fully saturated rings. The molecular formula is C70H78N2O4. The number of nitrogens with zero attached hydrogens (tertiary/aromatic N) is 2. The van der Waals surface area contributed by atoms with Crippen LogP contribution in [0.2, 0.25) is 0 Å². The summed E-state index contributed by atoms with van der Waals surface area (Å²) in [5.41, 5.74) is 17.0. The van der Waals surface area contributed by atoms with Crippen LogP contribution in [0.5, 0.6) is 23.0 Å². The van der Waals surface area contributed by atoms with E-state index < -0.39 is 0 Å². The fraction of sp³-hybridized carbons (Fsp3) is 0.343. The molecule has 2 heterocycles. The molecule has 0 N–H and O–H groups in total. The summed E-state index contributed by atoms with van der Waals surface area (Å²) in [5, 5.41) is 0. The van der Waals surface area contributed by atoms with Crippen LogP contribution in [0, 0.1) is 0 Å². The Balaban J connectivity index is 1.38. The molecule has 0 spiro atoms. The molecule has 0 unspecified atom stereocenters. The van der Waals surface area contributed by atoms with Gasteiger partial charge in [0.2, 0.25) is 0 Å². The molecule has 0 saturated carbocycles. The zero-order valence-electron chi connectivity index (χ0n) is 47.2. The van der Waals surface area contributed by atoms with Crippen LogP contribution in [-0.4, -0.2) is 9.97 Å². The fourth-order valence-corrected chi connectivity index (χ4v) is 10.1. The quantitative estimate of drug-likeness (QED) is 0.122. The maximum Gasteiger partial charge on any atom is 0.130 e. The zero-order chi connectivity index (χ0) is 53.8. The summed E-state index contributed by atoms with van der Waals surface area (Å²) in [7, 11) is 0. The van der Waals surface area contributed by atoms with Crippen molar-refractivity contribution < 1.29 is 18.9 Å². The highest BCUT2D eigenvalue weighted by molar-refractivity contribution is 5.60. The number of hydrogen-bond donors (Lipinski definition) is 0. The van der Waals surface area contributed by atoms with Crippen LogP contribution >= 0.6 is 0 Å². The van der Waals surface area contributed by atoms with Gasteiger partial charge in [0.25, 0.3) is 0 Å². The van der Waals surface area contributed by atoms with Crippen LogP contribution in [0.1, 0.15) is 172 Å². The van der Waals surface area contributed by atoms with Gasteiger partial charge in [0.05, 0.1) is 11.4 Å². The van der Waals surface area contributed by atoms with Gasteiger partial charge in [-0.05, 0) is 124 Å². The molecule has 0 atom stereocenters. The Bertz CT molecular complexity index is 2730. The lowest BCUT2D eigenvalue weighted by Gasteiger charge is -2.29. The molecule has 1 aliphatic carbocycles. The molecule has 2 aromatic heterocycles. The number of ether oxygens (including phenoxy) is 4. The van der Waals surface area contributed by atoms with E-state index in [2.05, 4.69) is 192 Å². The Morgan fingerprint density at radius 1 is 0.303 bits per heavy atom. The van der Waals surface area contributed by atoms with Crippen molar-refractivity contribution in [3.8, 4) is 23.0 Å². The third kappa shape index (κ3) is 13.1. The minimum Gasteiger partial charge on any atom is -0.488 e. The summed E-state index contributed by atoms with van der Waals surface area (Å²) in [6.45, 7) is 29.2. The van der Waals surface area contributed by atoms with Crippen molar-refractivity contribution in [3.05, 3.63) is 247 Å². The number of pyridine rings is 2. The van der Waals surface area contributed by atoms with Gasteiger partial charge >= 0.3 is 0 Å². The van der Waals surface area contributed by atoms with Gasteiger partial charge in [-0.15, -0.1) is 0 Å².